The second-order valence-electron chi connectivity index (χ2n) is 8.80. The van der Waals surface area contributed by atoms with Gasteiger partial charge in [-0.25, -0.2) is 4.79 Å². The Labute approximate surface area is 196 Å². The molecule has 1 aromatic rings. The number of hydrogen-bond acceptors (Lipinski definition) is 6. The standard InChI is InChI=1S/C24H38N4O5/c1-16(2)13-20(27-24(32)33-15-18-9-6-5-7-10-18)22(30)28-21(17(3)4)23(31)26-19(14-29)11-8-12-25/h5-7,9-10,14,16-17,19-21H,8,11-13,15,25H2,1-4H3,(H,26,31)(H,27,32)(H,28,30)/t19-,20-,21-/m0/s1. The van der Waals surface area contributed by atoms with Gasteiger partial charge in [-0.2, -0.15) is 0 Å². The molecule has 0 aliphatic heterocycles. The predicted octanol–water partition coefficient (Wildman–Crippen LogP) is 1.89. The molecule has 0 aliphatic rings. The second kappa shape index (κ2) is 15.0. The van der Waals surface area contributed by atoms with E-state index in [1.807, 2.05) is 44.2 Å². The minimum Gasteiger partial charge on any atom is -0.445 e. The van der Waals surface area contributed by atoms with Crippen LogP contribution in [0.25, 0.3) is 0 Å². The van der Waals surface area contributed by atoms with Crippen LogP contribution in [0, 0.1) is 11.8 Å². The Bertz CT molecular complexity index is 754. The molecule has 0 fully saturated rings. The molecule has 3 amide bonds. The van der Waals surface area contributed by atoms with Crippen molar-refractivity contribution in [3.8, 4) is 0 Å². The lowest BCUT2D eigenvalue weighted by Crippen LogP contribution is -2.57. The van der Waals surface area contributed by atoms with Gasteiger partial charge in [0.05, 0.1) is 6.04 Å². The summed E-state index contributed by atoms with van der Waals surface area (Å²) in [6.07, 6.45) is 1.33. The molecule has 5 N–H and O–H groups in total. The number of nitrogens with one attached hydrogen (secondary N) is 3. The van der Waals surface area contributed by atoms with Crippen molar-refractivity contribution in [1.29, 1.82) is 0 Å². The van der Waals surface area contributed by atoms with Crippen molar-refractivity contribution in [2.75, 3.05) is 6.54 Å². The molecule has 0 spiro atoms. The van der Waals surface area contributed by atoms with Crippen molar-refractivity contribution < 1.29 is 23.9 Å². The summed E-state index contributed by atoms with van der Waals surface area (Å²) in [5.74, 6) is -1.07. The minimum absolute atomic E-state index is 0.0790. The van der Waals surface area contributed by atoms with E-state index < -0.39 is 36.0 Å². The quantitative estimate of drug-likeness (QED) is 0.311. The van der Waals surface area contributed by atoms with Gasteiger partial charge in [0, 0.05) is 0 Å². The smallest absolute Gasteiger partial charge is 0.408 e. The van der Waals surface area contributed by atoms with E-state index in [4.69, 9.17) is 10.5 Å². The molecule has 0 radical (unpaired) electrons. The maximum atomic E-state index is 13.0. The first kappa shape index (κ1) is 28.1. The van der Waals surface area contributed by atoms with Crippen LogP contribution in [0.3, 0.4) is 0 Å². The van der Waals surface area contributed by atoms with Gasteiger partial charge in [0.2, 0.25) is 11.8 Å². The van der Waals surface area contributed by atoms with Crippen molar-refractivity contribution in [2.45, 2.75) is 71.7 Å². The third kappa shape index (κ3) is 11.0. The topological polar surface area (TPSA) is 140 Å². The van der Waals surface area contributed by atoms with E-state index in [0.29, 0.717) is 32.1 Å². The number of ether oxygens (including phenoxy) is 1. The van der Waals surface area contributed by atoms with Gasteiger partial charge in [-0.15, -0.1) is 0 Å². The third-order valence-corrected chi connectivity index (χ3v) is 4.99. The first-order chi connectivity index (χ1) is 15.7. The molecule has 0 aromatic heterocycles. The van der Waals surface area contributed by atoms with Crippen LogP contribution in [0.4, 0.5) is 4.79 Å². The molecule has 184 valence electrons. The zero-order chi connectivity index (χ0) is 24.8. The summed E-state index contributed by atoms with van der Waals surface area (Å²) < 4.78 is 5.24. The highest BCUT2D eigenvalue weighted by Gasteiger charge is 2.30. The summed E-state index contributed by atoms with van der Waals surface area (Å²) in [7, 11) is 0. The molecule has 0 heterocycles. The van der Waals surface area contributed by atoms with Gasteiger partial charge in [0.15, 0.2) is 0 Å². The van der Waals surface area contributed by atoms with Crippen LogP contribution in [0.15, 0.2) is 30.3 Å². The zero-order valence-electron chi connectivity index (χ0n) is 20.0. The number of alkyl carbamates (subject to hydrolysis) is 1. The third-order valence-electron chi connectivity index (χ3n) is 4.99. The van der Waals surface area contributed by atoms with Crippen molar-refractivity contribution in [1.82, 2.24) is 16.0 Å². The fourth-order valence-corrected chi connectivity index (χ4v) is 3.18. The van der Waals surface area contributed by atoms with Crippen molar-refractivity contribution >= 4 is 24.2 Å². The van der Waals surface area contributed by atoms with Gasteiger partial charge in [-0.3, -0.25) is 9.59 Å². The number of nitrogens with two attached hydrogens (primary N) is 1. The molecule has 9 heteroatoms. The number of rotatable bonds is 14. The van der Waals surface area contributed by atoms with Gasteiger partial charge < -0.3 is 31.2 Å². The Balaban J connectivity index is 2.78. The Morgan fingerprint density at radius 3 is 2.21 bits per heavy atom. The molecule has 1 rings (SSSR count). The maximum Gasteiger partial charge on any atom is 0.408 e. The lowest BCUT2D eigenvalue weighted by molar-refractivity contribution is -0.132. The van der Waals surface area contributed by atoms with E-state index in [1.54, 1.807) is 13.8 Å². The maximum absolute atomic E-state index is 13.0. The molecule has 1 aromatic carbocycles. The van der Waals surface area contributed by atoms with Crippen molar-refractivity contribution in [2.24, 2.45) is 17.6 Å². The van der Waals surface area contributed by atoms with Gasteiger partial charge in [-0.05, 0) is 43.2 Å². The van der Waals surface area contributed by atoms with E-state index in [1.165, 1.54) is 0 Å². The minimum atomic E-state index is -0.874. The van der Waals surface area contributed by atoms with Crippen LogP contribution >= 0.6 is 0 Å². The molecule has 0 bridgehead atoms. The molecular formula is C24H38N4O5. The summed E-state index contributed by atoms with van der Waals surface area (Å²) in [5.41, 5.74) is 6.30. The van der Waals surface area contributed by atoms with Gasteiger partial charge in [0.25, 0.3) is 0 Å². The number of aldehydes is 1. The van der Waals surface area contributed by atoms with Crippen molar-refractivity contribution in [3.63, 3.8) is 0 Å². The van der Waals surface area contributed by atoms with Crippen LogP contribution in [-0.4, -0.2) is 48.9 Å². The molecule has 0 saturated carbocycles. The van der Waals surface area contributed by atoms with Crippen molar-refractivity contribution in [3.05, 3.63) is 35.9 Å². The molecule has 3 atom stereocenters. The monoisotopic (exact) mass is 462 g/mol. The largest absolute Gasteiger partial charge is 0.445 e. The normalized spacial score (nSPS) is 13.7. The Hall–Kier alpha value is -2.94. The van der Waals surface area contributed by atoms with Crippen LogP contribution < -0.4 is 21.7 Å². The molecule has 33 heavy (non-hydrogen) atoms. The Kier molecular flexibility index (Phi) is 12.8. The highest BCUT2D eigenvalue weighted by molar-refractivity contribution is 5.92. The number of benzene rings is 1. The number of carbonyl (C=O) groups is 4. The highest BCUT2D eigenvalue weighted by atomic mass is 16.5. The lowest BCUT2D eigenvalue weighted by atomic mass is 9.99. The van der Waals surface area contributed by atoms with Gasteiger partial charge in [-0.1, -0.05) is 58.0 Å². The zero-order valence-corrected chi connectivity index (χ0v) is 20.0. The fourth-order valence-electron chi connectivity index (χ4n) is 3.18. The van der Waals surface area contributed by atoms with E-state index in [9.17, 15) is 19.2 Å². The first-order valence-corrected chi connectivity index (χ1v) is 11.4. The molecular weight excluding hydrogens is 424 g/mol. The Morgan fingerprint density at radius 2 is 1.67 bits per heavy atom. The Morgan fingerprint density at radius 1 is 1.00 bits per heavy atom. The predicted molar refractivity (Wildman–Crippen MR) is 126 cm³/mol. The van der Waals surface area contributed by atoms with Crippen LogP contribution in [0.5, 0.6) is 0 Å². The fraction of sp³-hybridized carbons (Fsp3) is 0.583. The average Bonchev–Trinajstić information content (AvgIpc) is 2.78. The summed E-state index contributed by atoms with van der Waals surface area (Å²) in [6, 6.07) is 6.80. The van der Waals surface area contributed by atoms with E-state index in [2.05, 4.69) is 16.0 Å². The molecule has 0 unspecified atom stereocenters. The van der Waals surface area contributed by atoms with E-state index in [0.717, 1.165) is 5.56 Å². The number of amides is 3. The highest BCUT2D eigenvalue weighted by Crippen LogP contribution is 2.09. The average molecular weight is 463 g/mol. The number of carbonyl (C=O) groups excluding carboxylic acids is 4. The SMILES string of the molecule is CC(C)C[C@H](NC(=O)OCc1ccccc1)C(=O)N[C@H](C(=O)N[C@H](C=O)CCCN)C(C)C. The van der Waals surface area contributed by atoms with Crippen LogP contribution in [0.2, 0.25) is 0 Å². The van der Waals surface area contributed by atoms with Gasteiger partial charge >= 0.3 is 6.09 Å². The summed E-state index contributed by atoms with van der Waals surface area (Å²) in [6.45, 7) is 7.92. The molecule has 0 aliphatic carbocycles. The first-order valence-electron chi connectivity index (χ1n) is 11.4. The summed E-state index contributed by atoms with van der Waals surface area (Å²) in [4.78, 5) is 49.3. The molecule has 9 nitrogen and oxygen atoms in total. The lowest BCUT2D eigenvalue weighted by Gasteiger charge is -2.27. The summed E-state index contributed by atoms with van der Waals surface area (Å²) >= 11 is 0. The summed E-state index contributed by atoms with van der Waals surface area (Å²) in [5, 5.41) is 7.99. The molecule has 0 saturated heterocycles. The van der Waals surface area contributed by atoms with E-state index >= 15 is 0 Å². The second-order valence-corrected chi connectivity index (χ2v) is 8.80. The number of hydrogen-bond donors (Lipinski definition) is 4. The van der Waals surface area contributed by atoms with E-state index in [-0.39, 0.29) is 18.4 Å². The van der Waals surface area contributed by atoms with Crippen LogP contribution in [0.1, 0.15) is 52.5 Å². The van der Waals surface area contributed by atoms with Gasteiger partial charge in [0.1, 0.15) is 25.0 Å². The van der Waals surface area contributed by atoms with Crippen LogP contribution in [-0.2, 0) is 25.7 Å².